The van der Waals surface area contributed by atoms with Gasteiger partial charge in [0.1, 0.15) is 17.2 Å². The monoisotopic (exact) mass is 368 g/mol. The number of ether oxygens (including phenoxy) is 2. The van der Waals surface area contributed by atoms with Gasteiger partial charge in [-0.05, 0) is 37.1 Å². The third kappa shape index (κ3) is 5.26. The van der Waals surface area contributed by atoms with Gasteiger partial charge in [0, 0.05) is 12.3 Å². The van der Waals surface area contributed by atoms with E-state index in [1.54, 1.807) is 6.07 Å². The van der Waals surface area contributed by atoms with E-state index < -0.39 is 29.1 Å². The standard InChI is InChI=1S/C18H15ClF2O4/c19-11-4-3-10-16(22)24-14-8-1-2-9-15(14)25-18(23)17-12(20)6-5-7-13(17)21/h1-2,5-9H,3-4,10-11H2. The molecule has 0 aliphatic rings. The SMILES string of the molecule is O=C(CCCCCl)Oc1ccccc1OC(=O)c1c(F)cccc1F. The second kappa shape index (κ2) is 9.13. The highest BCUT2D eigenvalue weighted by Gasteiger charge is 2.21. The Balaban J connectivity index is 2.12. The molecule has 0 amide bonds. The first-order chi connectivity index (χ1) is 12.0. The molecular formula is C18H15ClF2O4. The molecule has 25 heavy (non-hydrogen) atoms. The minimum Gasteiger partial charge on any atom is -0.423 e. The predicted octanol–water partition coefficient (Wildman–Crippen LogP) is 4.50. The Bertz CT molecular complexity index is 744. The fourth-order valence-corrected chi connectivity index (χ4v) is 2.19. The molecule has 0 aliphatic carbocycles. The highest BCUT2D eigenvalue weighted by Crippen LogP contribution is 2.28. The van der Waals surface area contributed by atoms with Gasteiger partial charge in [0.2, 0.25) is 0 Å². The molecule has 4 nitrogen and oxygen atoms in total. The average Bonchev–Trinajstić information content (AvgIpc) is 2.57. The number of hydrogen-bond donors (Lipinski definition) is 0. The third-order valence-corrected chi connectivity index (χ3v) is 3.47. The van der Waals surface area contributed by atoms with Crippen molar-refractivity contribution < 1.29 is 27.8 Å². The number of alkyl halides is 1. The first-order valence-corrected chi connectivity index (χ1v) is 8.08. The van der Waals surface area contributed by atoms with Crippen LogP contribution in [0.1, 0.15) is 29.6 Å². The molecule has 0 saturated heterocycles. The summed E-state index contributed by atoms with van der Waals surface area (Å²) in [5, 5.41) is 0. The van der Waals surface area contributed by atoms with E-state index >= 15 is 0 Å². The van der Waals surface area contributed by atoms with Crippen LogP contribution in [0.2, 0.25) is 0 Å². The molecular weight excluding hydrogens is 354 g/mol. The number of hydrogen-bond acceptors (Lipinski definition) is 4. The van der Waals surface area contributed by atoms with Gasteiger partial charge in [0.25, 0.3) is 0 Å². The maximum absolute atomic E-state index is 13.7. The van der Waals surface area contributed by atoms with Gasteiger partial charge in [-0.15, -0.1) is 11.6 Å². The Morgan fingerprint density at radius 1 is 0.880 bits per heavy atom. The molecule has 2 aromatic rings. The Labute approximate surface area is 148 Å². The van der Waals surface area contributed by atoms with E-state index in [2.05, 4.69) is 0 Å². The third-order valence-electron chi connectivity index (χ3n) is 3.21. The highest BCUT2D eigenvalue weighted by atomic mass is 35.5. The van der Waals surface area contributed by atoms with Crippen LogP contribution in [0.5, 0.6) is 11.5 Å². The molecule has 0 N–H and O–H groups in total. The summed E-state index contributed by atoms with van der Waals surface area (Å²) in [6.45, 7) is 0. The van der Waals surface area contributed by atoms with E-state index in [-0.39, 0.29) is 17.9 Å². The Hall–Kier alpha value is -2.47. The zero-order valence-corrected chi connectivity index (χ0v) is 13.9. The summed E-state index contributed by atoms with van der Waals surface area (Å²) >= 11 is 5.54. The number of esters is 2. The normalized spacial score (nSPS) is 10.4. The van der Waals surface area contributed by atoms with Crippen molar-refractivity contribution in [3.8, 4) is 11.5 Å². The topological polar surface area (TPSA) is 52.6 Å². The molecule has 7 heteroatoms. The Kier molecular flexibility index (Phi) is 6.89. The lowest BCUT2D eigenvalue weighted by atomic mass is 10.2. The lowest BCUT2D eigenvalue weighted by Crippen LogP contribution is -2.15. The Morgan fingerprint density at radius 3 is 2.08 bits per heavy atom. The largest absolute Gasteiger partial charge is 0.423 e. The van der Waals surface area contributed by atoms with E-state index in [0.717, 1.165) is 18.2 Å². The smallest absolute Gasteiger partial charge is 0.349 e. The minimum absolute atomic E-state index is 0.0107. The van der Waals surface area contributed by atoms with E-state index in [4.69, 9.17) is 21.1 Å². The van der Waals surface area contributed by atoms with Crippen LogP contribution in [0.25, 0.3) is 0 Å². The summed E-state index contributed by atoms with van der Waals surface area (Å²) in [7, 11) is 0. The summed E-state index contributed by atoms with van der Waals surface area (Å²) in [5.74, 6) is -3.51. The quantitative estimate of drug-likeness (QED) is 0.312. The van der Waals surface area contributed by atoms with Gasteiger partial charge in [-0.2, -0.15) is 0 Å². The summed E-state index contributed by atoms with van der Waals surface area (Å²) in [4.78, 5) is 23.8. The van der Waals surface area contributed by atoms with Gasteiger partial charge >= 0.3 is 11.9 Å². The van der Waals surface area contributed by atoms with Crippen LogP contribution in [0.4, 0.5) is 8.78 Å². The highest BCUT2D eigenvalue weighted by molar-refractivity contribution is 6.17. The average molecular weight is 369 g/mol. The van der Waals surface area contributed by atoms with Gasteiger partial charge in [0.05, 0.1) is 0 Å². The second-order valence-electron chi connectivity index (χ2n) is 5.05. The summed E-state index contributed by atoms with van der Waals surface area (Å²) in [6, 6.07) is 8.91. The fourth-order valence-electron chi connectivity index (χ4n) is 2.00. The van der Waals surface area contributed by atoms with Crippen LogP contribution < -0.4 is 9.47 Å². The molecule has 0 bridgehead atoms. The summed E-state index contributed by atoms with van der Waals surface area (Å²) in [5.41, 5.74) is -0.814. The summed E-state index contributed by atoms with van der Waals surface area (Å²) in [6.07, 6.45) is 1.38. The first kappa shape index (κ1) is 18.9. The number of benzene rings is 2. The van der Waals surface area contributed by atoms with Crippen molar-refractivity contribution >= 4 is 23.5 Å². The van der Waals surface area contributed by atoms with Gasteiger partial charge in [-0.25, -0.2) is 13.6 Å². The van der Waals surface area contributed by atoms with Crippen LogP contribution in [-0.2, 0) is 4.79 Å². The van der Waals surface area contributed by atoms with Crippen molar-refractivity contribution in [3.63, 3.8) is 0 Å². The fraction of sp³-hybridized carbons (Fsp3) is 0.222. The van der Waals surface area contributed by atoms with Gasteiger partial charge in [0.15, 0.2) is 11.5 Å². The van der Waals surface area contributed by atoms with Crippen molar-refractivity contribution in [2.45, 2.75) is 19.3 Å². The molecule has 0 radical (unpaired) electrons. The molecule has 0 saturated carbocycles. The number of carbonyl (C=O) groups excluding carboxylic acids is 2. The van der Waals surface area contributed by atoms with E-state index in [0.29, 0.717) is 18.7 Å². The molecule has 0 unspecified atom stereocenters. The molecule has 132 valence electrons. The van der Waals surface area contributed by atoms with Crippen LogP contribution in [-0.4, -0.2) is 17.8 Å². The zero-order valence-electron chi connectivity index (χ0n) is 13.1. The molecule has 2 aromatic carbocycles. The molecule has 0 fully saturated rings. The number of para-hydroxylation sites is 2. The van der Waals surface area contributed by atoms with Gasteiger partial charge in [-0.3, -0.25) is 4.79 Å². The molecule has 0 aliphatic heterocycles. The maximum Gasteiger partial charge on any atom is 0.349 e. The molecule has 0 aromatic heterocycles. The second-order valence-corrected chi connectivity index (χ2v) is 5.43. The van der Waals surface area contributed by atoms with E-state index in [9.17, 15) is 18.4 Å². The lowest BCUT2D eigenvalue weighted by Gasteiger charge is -2.11. The first-order valence-electron chi connectivity index (χ1n) is 7.54. The predicted molar refractivity (Wildman–Crippen MR) is 88.0 cm³/mol. The zero-order chi connectivity index (χ0) is 18.2. The molecule has 0 heterocycles. The Morgan fingerprint density at radius 2 is 1.48 bits per heavy atom. The molecule has 2 rings (SSSR count). The minimum atomic E-state index is -1.22. The van der Waals surface area contributed by atoms with Crippen LogP contribution >= 0.6 is 11.6 Å². The van der Waals surface area contributed by atoms with E-state index in [1.807, 2.05) is 0 Å². The molecule has 0 atom stereocenters. The van der Waals surface area contributed by atoms with Crippen molar-refractivity contribution in [3.05, 3.63) is 59.7 Å². The number of unbranched alkanes of at least 4 members (excludes halogenated alkanes) is 1. The summed E-state index contributed by atoms with van der Waals surface area (Å²) < 4.78 is 37.4. The number of carbonyl (C=O) groups is 2. The maximum atomic E-state index is 13.7. The van der Waals surface area contributed by atoms with Gasteiger partial charge in [-0.1, -0.05) is 18.2 Å². The van der Waals surface area contributed by atoms with Crippen molar-refractivity contribution in [2.24, 2.45) is 0 Å². The lowest BCUT2D eigenvalue weighted by molar-refractivity contribution is -0.134. The van der Waals surface area contributed by atoms with E-state index in [1.165, 1.54) is 18.2 Å². The number of rotatable bonds is 7. The van der Waals surface area contributed by atoms with Crippen LogP contribution in [0, 0.1) is 11.6 Å². The van der Waals surface area contributed by atoms with Crippen molar-refractivity contribution in [1.82, 2.24) is 0 Å². The molecule has 0 spiro atoms. The van der Waals surface area contributed by atoms with Crippen molar-refractivity contribution in [1.29, 1.82) is 0 Å². The number of halogens is 3. The van der Waals surface area contributed by atoms with Crippen LogP contribution in [0.3, 0.4) is 0 Å². The van der Waals surface area contributed by atoms with Crippen molar-refractivity contribution in [2.75, 3.05) is 5.88 Å². The van der Waals surface area contributed by atoms with Crippen LogP contribution in [0.15, 0.2) is 42.5 Å². The van der Waals surface area contributed by atoms with Gasteiger partial charge < -0.3 is 9.47 Å².